The van der Waals surface area contributed by atoms with Gasteiger partial charge in [0, 0.05) is 63.2 Å². The molecule has 0 spiro atoms. The monoisotopic (exact) mass is 635 g/mol. The van der Waals surface area contributed by atoms with Crippen LogP contribution in [0.2, 0.25) is 12.1 Å². The van der Waals surface area contributed by atoms with Gasteiger partial charge in [0.2, 0.25) is 0 Å². The van der Waals surface area contributed by atoms with Crippen LogP contribution in [0.3, 0.4) is 0 Å². The number of hydrogen-bond donors (Lipinski definition) is 0. The third kappa shape index (κ3) is 12.2. The Bertz CT molecular complexity index is 831. The average molecular weight is 636 g/mol. The summed E-state index contributed by atoms with van der Waals surface area (Å²) in [5, 5.41) is 3.50. The van der Waals surface area contributed by atoms with E-state index >= 15 is 0 Å². The maximum absolute atomic E-state index is 5.99. The third-order valence-electron chi connectivity index (χ3n) is 5.24. The van der Waals surface area contributed by atoms with Gasteiger partial charge in [0.25, 0.3) is 0 Å². The van der Waals surface area contributed by atoms with Gasteiger partial charge in [-0.2, -0.15) is 4.98 Å². The van der Waals surface area contributed by atoms with Crippen molar-refractivity contribution in [2.75, 3.05) is 51.1 Å². The largest absolute Gasteiger partial charge is 0.500 e. The summed E-state index contributed by atoms with van der Waals surface area (Å²) >= 11 is 4.90. The SMILES string of the molecule is CCO[Si](CCCSc1nc(SCCC[Si](OCC)(OCC)OCC)nc(-c2cccs2)n1)(OCC)OCC. The molecule has 0 unspecified atom stereocenters. The van der Waals surface area contributed by atoms with Crippen molar-refractivity contribution in [2.45, 2.75) is 76.8 Å². The molecule has 0 radical (unpaired) electrons. The predicted molar refractivity (Wildman–Crippen MR) is 165 cm³/mol. The highest BCUT2D eigenvalue weighted by molar-refractivity contribution is 7.99. The van der Waals surface area contributed by atoms with E-state index in [1.807, 2.05) is 59.1 Å². The summed E-state index contributed by atoms with van der Waals surface area (Å²) in [6, 6.07) is 5.60. The fourth-order valence-electron chi connectivity index (χ4n) is 3.89. The van der Waals surface area contributed by atoms with Crippen molar-refractivity contribution in [3.8, 4) is 10.7 Å². The summed E-state index contributed by atoms with van der Waals surface area (Å²) in [6.45, 7) is 15.4. The first-order chi connectivity index (χ1) is 19.0. The van der Waals surface area contributed by atoms with Gasteiger partial charge in [-0.25, -0.2) is 9.97 Å². The third-order valence-corrected chi connectivity index (χ3v) is 14.3. The van der Waals surface area contributed by atoms with Crippen molar-refractivity contribution in [3.05, 3.63) is 17.5 Å². The van der Waals surface area contributed by atoms with E-state index in [2.05, 4.69) is 0 Å². The zero-order valence-electron chi connectivity index (χ0n) is 24.2. The van der Waals surface area contributed by atoms with Crippen LogP contribution >= 0.6 is 34.9 Å². The number of rotatable bonds is 23. The topological polar surface area (TPSA) is 94.1 Å². The van der Waals surface area contributed by atoms with Crippen molar-refractivity contribution >= 4 is 52.5 Å². The lowest BCUT2D eigenvalue weighted by Crippen LogP contribution is -2.46. The van der Waals surface area contributed by atoms with Crippen LogP contribution in [0.1, 0.15) is 54.4 Å². The molecule has 0 aliphatic heterocycles. The van der Waals surface area contributed by atoms with E-state index in [-0.39, 0.29) is 0 Å². The van der Waals surface area contributed by atoms with Gasteiger partial charge in [0.1, 0.15) is 0 Å². The number of thioether (sulfide) groups is 2. The molecular formula is C25H45N3O6S3Si2. The Morgan fingerprint density at radius 1 is 0.641 bits per heavy atom. The molecule has 14 heteroatoms. The van der Waals surface area contributed by atoms with E-state index in [0.29, 0.717) is 45.5 Å². The zero-order chi connectivity index (χ0) is 28.4. The van der Waals surface area contributed by atoms with Gasteiger partial charge in [-0.1, -0.05) is 29.6 Å². The molecule has 9 nitrogen and oxygen atoms in total. The molecule has 0 amide bonds. The van der Waals surface area contributed by atoms with Crippen molar-refractivity contribution in [2.24, 2.45) is 0 Å². The van der Waals surface area contributed by atoms with Gasteiger partial charge in [-0.3, -0.25) is 0 Å². The normalized spacial score (nSPS) is 12.4. The minimum atomic E-state index is -2.65. The number of hydrogen-bond acceptors (Lipinski definition) is 12. The van der Waals surface area contributed by atoms with Gasteiger partial charge in [0.05, 0.1) is 4.88 Å². The Balaban J connectivity index is 2.04. The first-order valence-corrected chi connectivity index (χ1v) is 20.6. The molecule has 0 atom stereocenters. The van der Waals surface area contributed by atoms with Crippen LogP contribution in [0.5, 0.6) is 0 Å². The summed E-state index contributed by atoms with van der Waals surface area (Å²) in [4.78, 5) is 15.3. The van der Waals surface area contributed by atoms with Gasteiger partial charge in [-0.05, 0) is 65.8 Å². The summed E-state index contributed by atoms with van der Waals surface area (Å²) in [6.07, 6.45) is 1.77. The molecule has 0 aliphatic rings. The second kappa shape index (κ2) is 19.7. The Hall–Kier alpha value is -0.396. The molecular weight excluding hydrogens is 591 g/mol. The van der Waals surface area contributed by atoms with E-state index < -0.39 is 17.6 Å². The molecule has 0 aromatic carbocycles. The number of thiophene rings is 1. The molecule has 0 fully saturated rings. The van der Waals surface area contributed by atoms with Gasteiger partial charge >= 0.3 is 17.6 Å². The van der Waals surface area contributed by atoms with Crippen LogP contribution in [0.25, 0.3) is 10.7 Å². The highest BCUT2D eigenvalue weighted by Crippen LogP contribution is 2.29. The second-order valence-electron chi connectivity index (χ2n) is 8.07. The standard InChI is InChI=1S/C25H45N3O6S3Si2/c1-7-29-38(30-8-2,31-9-3)20-14-18-36-24-26-23(22-16-13-17-35-22)27-25(28-24)37-19-15-21-39(32-10-4,33-11-5)34-12-6/h13,16-17H,7-12,14-15,18-21H2,1-6H3. The molecule has 0 bridgehead atoms. The lowest BCUT2D eigenvalue weighted by Gasteiger charge is -2.28. The van der Waals surface area contributed by atoms with Crippen LogP contribution < -0.4 is 0 Å². The maximum Gasteiger partial charge on any atom is 0.500 e. The Morgan fingerprint density at radius 3 is 1.38 bits per heavy atom. The van der Waals surface area contributed by atoms with E-state index in [9.17, 15) is 0 Å². The Kier molecular flexibility index (Phi) is 17.6. The van der Waals surface area contributed by atoms with E-state index in [4.69, 9.17) is 41.5 Å². The van der Waals surface area contributed by atoms with Crippen LogP contribution in [0, 0.1) is 0 Å². The quantitative estimate of drug-likeness (QED) is 0.0745. The van der Waals surface area contributed by atoms with E-state index in [1.54, 1.807) is 34.9 Å². The smallest absolute Gasteiger partial charge is 0.374 e. The fraction of sp³-hybridized carbons (Fsp3) is 0.720. The molecule has 39 heavy (non-hydrogen) atoms. The molecule has 222 valence electrons. The Labute approximate surface area is 249 Å². The van der Waals surface area contributed by atoms with Crippen molar-refractivity contribution < 1.29 is 26.6 Å². The molecule has 2 aromatic rings. The minimum Gasteiger partial charge on any atom is -0.374 e. The van der Waals surface area contributed by atoms with Gasteiger partial charge < -0.3 is 26.6 Å². The summed E-state index contributed by atoms with van der Waals surface area (Å²) in [7, 11) is -5.30. The molecule has 2 heterocycles. The minimum absolute atomic E-state index is 0.584. The zero-order valence-corrected chi connectivity index (χ0v) is 28.7. The Morgan fingerprint density at radius 2 is 1.05 bits per heavy atom. The van der Waals surface area contributed by atoms with Gasteiger partial charge in [0.15, 0.2) is 16.1 Å². The molecule has 0 saturated heterocycles. The number of nitrogens with zero attached hydrogens (tertiary/aromatic N) is 3. The van der Waals surface area contributed by atoms with E-state index in [1.165, 1.54) is 0 Å². The molecule has 0 aliphatic carbocycles. The summed E-state index contributed by atoms with van der Waals surface area (Å²) < 4.78 is 36.0. The predicted octanol–water partition coefficient (Wildman–Crippen LogP) is 6.66. The van der Waals surface area contributed by atoms with Crippen molar-refractivity contribution in [3.63, 3.8) is 0 Å². The average Bonchev–Trinajstić information content (AvgIpc) is 3.46. The molecule has 0 N–H and O–H groups in total. The molecule has 2 rings (SSSR count). The second-order valence-corrected chi connectivity index (χ2v) is 16.6. The van der Waals surface area contributed by atoms with Crippen LogP contribution in [0.4, 0.5) is 0 Å². The van der Waals surface area contributed by atoms with Gasteiger partial charge in [-0.15, -0.1) is 11.3 Å². The number of aromatic nitrogens is 3. The highest BCUT2D eigenvalue weighted by atomic mass is 32.2. The first-order valence-electron chi connectivity index (χ1n) is 13.9. The lowest BCUT2D eigenvalue weighted by atomic mass is 10.4. The lowest BCUT2D eigenvalue weighted by molar-refractivity contribution is 0.0704. The maximum atomic E-state index is 5.99. The van der Waals surface area contributed by atoms with Crippen LogP contribution in [0.15, 0.2) is 27.8 Å². The summed E-state index contributed by atoms with van der Waals surface area (Å²) in [5.41, 5.74) is 0. The molecule has 2 aromatic heterocycles. The van der Waals surface area contributed by atoms with E-state index in [0.717, 1.165) is 51.6 Å². The van der Waals surface area contributed by atoms with Crippen LogP contribution in [-0.2, 0) is 26.6 Å². The highest BCUT2D eigenvalue weighted by Gasteiger charge is 2.40. The molecule has 0 saturated carbocycles. The van der Waals surface area contributed by atoms with Crippen molar-refractivity contribution in [1.82, 2.24) is 15.0 Å². The van der Waals surface area contributed by atoms with Crippen LogP contribution in [-0.4, -0.2) is 83.7 Å². The fourth-order valence-corrected chi connectivity index (χ4v) is 11.9. The summed E-state index contributed by atoms with van der Waals surface area (Å²) in [5.74, 6) is 2.39. The first kappa shape index (κ1) is 34.8. The van der Waals surface area contributed by atoms with Crippen molar-refractivity contribution in [1.29, 1.82) is 0 Å².